The third-order valence-electron chi connectivity index (χ3n) is 15.7. The number of benzene rings is 6. The molecule has 0 spiro atoms. The van der Waals surface area contributed by atoms with E-state index in [9.17, 15) is 0 Å². The van der Waals surface area contributed by atoms with Crippen molar-refractivity contribution in [1.82, 2.24) is 0 Å². The molecule has 4 aliphatic rings. The monoisotopic (exact) mass is 801 g/mol. The van der Waals surface area contributed by atoms with Gasteiger partial charge in [-0.25, -0.2) is 0 Å². The minimum absolute atomic E-state index is 0.0571. The van der Waals surface area contributed by atoms with Gasteiger partial charge in [-0.3, -0.25) is 0 Å². The zero-order chi connectivity index (χ0) is 43.2. The van der Waals surface area contributed by atoms with Crippen molar-refractivity contribution in [2.45, 2.75) is 143 Å². The minimum atomic E-state index is 0.0571. The fourth-order valence-electron chi connectivity index (χ4n) is 11.6. The van der Waals surface area contributed by atoms with Crippen LogP contribution in [-0.4, -0.2) is 6.71 Å². The van der Waals surface area contributed by atoms with Crippen molar-refractivity contribution < 1.29 is 0 Å². The molecule has 0 radical (unpaired) electrons. The maximum atomic E-state index is 2.69. The lowest BCUT2D eigenvalue weighted by molar-refractivity contribution is 0.332. The molecule has 310 valence electrons. The van der Waals surface area contributed by atoms with Crippen LogP contribution in [0.1, 0.15) is 141 Å². The number of fused-ring (bicyclic) bond motifs is 6. The highest BCUT2D eigenvalue weighted by Gasteiger charge is 2.47. The number of hydrogen-bond acceptors (Lipinski definition) is 2. The molecule has 0 N–H and O–H groups in total. The van der Waals surface area contributed by atoms with Crippen molar-refractivity contribution in [3.8, 4) is 11.1 Å². The highest BCUT2D eigenvalue weighted by molar-refractivity contribution is 7.00. The van der Waals surface area contributed by atoms with Gasteiger partial charge in [0.05, 0.1) is 0 Å². The molecule has 0 fully saturated rings. The quantitative estimate of drug-likeness (QED) is 0.164. The summed E-state index contributed by atoms with van der Waals surface area (Å²) in [4.78, 5) is 5.31. The Hall–Kier alpha value is -5.02. The topological polar surface area (TPSA) is 6.48 Å². The van der Waals surface area contributed by atoms with E-state index in [1.54, 1.807) is 0 Å². The molecule has 0 bridgehead atoms. The fourth-order valence-corrected chi connectivity index (χ4v) is 11.6. The standard InChI is InChI=1S/C58H65BN2/c1-36-29-51-53-52(30-36)61(48-24-20-40(31-37(48)2)54(3,4)5)49-32-39(38-17-15-14-16-18-38)19-23-46(49)59(53)47-34-44-45(58(12,13)28-27-57(44,10)11)35-50(47)60(51)41-21-22-42-43(33-41)56(8,9)26-25-55(42,6)7/h14-24,29-35H,25-28H2,1-13H3. The maximum absolute atomic E-state index is 2.69. The Morgan fingerprint density at radius 3 is 1.66 bits per heavy atom. The van der Waals surface area contributed by atoms with Crippen LogP contribution in [0.2, 0.25) is 0 Å². The average Bonchev–Trinajstić information content (AvgIpc) is 3.20. The molecule has 0 aromatic heterocycles. The van der Waals surface area contributed by atoms with E-state index in [4.69, 9.17) is 0 Å². The van der Waals surface area contributed by atoms with Crippen LogP contribution in [-0.2, 0) is 27.1 Å². The van der Waals surface area contributed by atoms with Crippen LogP contribution >= 0.6 is 0 Å². The van der Waals surface area contributed by atoms with E-state index in [2.05, 4.69) is 209 Å². The lowest BCUT2D eigenvalue weighted by Crippen LogP contribution is -2.62. The molecule has 2 nitrogen and oxygen atoms in total. The minimum Gasteiger partial charge on any atom is -0.311 e. The molecule has 0 amide bonds. The first kappa shape index (κ1) is 40.1. The Morgan fingerprint density at radius 2 is 1.03 bits per heavy atom. The van der Waals surface area contributed by atoms with Gasteiger partial charge in [0.1, 0.15) is 0 Å². The molecular weight excluding hydrogens is 735 g/mol. The zero-order valence-corrected chi connectivity index (χ0v) is 39.2. The van der Waals surface area contributed by atoms with Crippen molar-refractivity contribution in [3.63, 3.8) is 0 Å². The maximum Gasteiger partial charge on any atom is 0.252 e. The normalized spacial score (nSPS) is 18.7. The third-order valence-corrected chi connectivity index (χ3v) is 15.7. The van der Waals surface area contributed by atoms with E-state index in [-0.39, 0.29) is 33.8 Å². The van der Waals surface area contributed by atoms with Gasteiger partial charge in [-0.2, -0.15) is 0 Å². The summed E-state index contributed by atoms with van der Waals surface area (Å²) in [6.45, 7) is 31.4. The Labute approximate surface area is 367 Å². The molecule has 2 aliphatic heterocycles. The summed E-state index contributed by atoms with van der Waals surface area (Å²) in [5.41, 5.74) is 24.8. The summed E-state index contributed by atoms with van der Waals surface area (Å²) < 4.78 is 0. The van der Waals surface area contributed by atoms with Crippen molar-refractivity contribution in [3.05, 3.63) is 148 Å². The van der Waals surface area contributed by atoms with Gasteiger partial charge in [-0.15, -0.1) is 0 Å². The van der Waals surface area contributed by atoms with E-state index < -0.39 is 0 Å². The predicted octanol–water partition coefficient (Wildman–Crippen LogP) is 14.0. The number of rotatable bonds is 3. The highest BCUT2D eigenvalue weighted by Crippen LogP contribution is 2.53. The van der Waals surface area contributed by atoms with Crippen LogP contribution in [0.4, 0.5) is 34.1 Å². The molecule has 2 aliphatic carbocycles. The van der Waals surface area contributed by atoms with Crippen molar-refractivity contribution in [2.75, 3.05) is 9.80 Å². The molecular formula is C58H65BN2. The van der Waals surface area contributed by atoms with Gasteiger partial charge < -0.3 is 9.80 Å². The van der Waals surface area contributed by atoms with Gasteiger partial charge >= 0.3 is 0 Å². The lowest BCUT2D eigenvalue weighted by Gasteiger charge is -2.48. The molecule has 10 rings (SSSR count). The van der Waals surface area contributed by atoms with Gasteiger partial charge in [-0.05, 0) is 176 Å². The summed E-state index contributed by atoms with van der Waals surface area (Å²) in [7, 11) is 0. The fraction of sp³-hybridized carbons (Fsp3) is 0.379. The van der Waals surface area contributed by atoms with Crippen molar-refractivity contribution in [2.24, 2.45) is 0 Å². The largest absolute Gasteiger partial charge is 0.311 e. The van der Waals surface area contributed by atoms with Crippen molar-refractivity contribution in [1.29, 1.82) is 0 Å². The number of aryl methyl sites for hydroxylation is 2. The predicted molar refractivity (Wildman–Crippen MR) is 265 cm³/mol. The van der Waals surface area contributed by atoms with Gasteiger partial charge in [0.15, 0.2) is 0 Å². The van der Waals surface area contributed by atoms with Gasteiger partial charge in [0.2, 0.25) is 0 Å². The van der Waals surface area contributed by atoms with Crippen LogP contribution in [0.25, 0.3) is 11.1 Å². The highest BCUT2D eigenvalue weighted by atomic mass is 15.2. The molecule has 61 heavy (non-hydrogen) atoms. The first-order valence-corrected chi connectivity index (χ1v) is 23.1. The Bertz CT molecular complexity index is 2780. The second-order valence-electron chi connectivity index (χ2n) is 22.9. The van der Waals surface area contributed by atoms with Gasteiger partial charge in [-0.1, -0.05) is 143 Å². The molecule has 0 unspecified atom stereocenters. The zero-order valence-electron chi connectivity index (χ0n) is 39.2. The summed E-state index contributed by atoms with van der Waals surface area (Å²) in [6, 6.07) is 43.3. The molecule has 2 heterocycles. The Morgan fingerprint density at radius 1 is 0.459 bits per heavy atom. The Balaban J connectivity index is 1.31. The number of anilines is 6. The van der Waals surface area contributed by atoms with Crippen molar-refractivity contribution >= 4 is 57.2 Å². The molecule has 3 heteroatoms. The van der Waals surface area contributed by atoms with E-state index in [1.165, 1.54) is 126 Å². The van der Waals surface area contributed by atoms with Gasteiger partial charge in [0.25, 0.3) is 6.71 Å². The molecule has 6 aromatic rings. The molecule has 6 aromatic carbocycles. The Kier molecular flexibility index (Phi) is 8.70. The number of hydrogen-bond donors (Lipinski definition) is 0. The van der Waals surface area contributed by atoms with Crippen LogP contribution < -0.4 is 26.2 Å². The lowest BCUT2D eigenvalue weighted by atomic mass is 9.33. The second-order valence-corrected chi connectivity index (χ2v) is 22.9. The van der Waals surface area contributed by atoms with E-state index in [0.29, 0.717) is 0 Å². The number of nitrogens with zero attached hydrogens (tertiary/aromatic N) is 2. The van der Waals surface area contributed by atoms with Crippen LogP contribution in [0.15, 0.2) is 109 Å². The molecule has 0 saturated carbocycles. The van der Waals surface area contributed by atoms with E-state index in [0.717, 1.165) is 0 Å². The van der Waals surface area contributed by atoms with E-state index >= 15 is 0 Å². The molecule has 0 atom stereocenters. The summed E-state index contributed by atoms with van der Waals surface area (Å²) >= 11 is 0. The van der Waals surface area contributed by atoms with Gasteiger partial charge in [0, 0.05) is 34.1 Å². The van der Waals surface area contributed by atoms with Crippen LogP contribution in [0.3, 0.4) is 0 Å². The van der Waals surface area contributed by atoms with Crippen LogP contribution in [0.5, 0.6) is 0 Å². The van der Waals surface area contributed by atoms with E-state index in [1.807, 2.05) is 0 Å². The smallest absolute Gasteiger partial charge is 0.252 e. The summed E-state index contributed by atoms with van der Waals surface area (Å²) in [5.74, 6) is 0. The SMILES string of the molecule is Cc1cc2c3c(c1)N(c1ccc(C(C)(C)C)cc1C)c1cc(-c4ccccc4)ccc1B3c1cc3c(cc1N2c1ccc2c(c1)C(C)(C)CCC2(C)C)C(C)(C)CCC3(C)C. The summed E-state index contributed by atoms with van der Waals surface area (Å²) in [6.07, 6.45) is 4.77. The molecule has 0 saturated heterocycles. The average molecular weight is 801 g/mol. The first-order valence-electron chi connectivity index (χ1n) is 23.1. The third kappa shape index (κ3) is 6.18. The van der Waals surface area contributed by atoms with Crippen LogP contribution in [0, 0.1) is 13.8 Å². The first-order chi connectivity index (χ1) is 28.7. The second kappa shape index (κ2) is 13.2. The summed E-state index contributed by atoms with van der Waals surface area (Å²) in [5, 5.41) is 0.